The van der Waals surface area contributed by atoms with Crippen LogP contribution in [0.25, 0.3) is 0 Å². The van der Waals surface area contributed by atoms with Crippen LogP contribution in [0.1, 0.15) is 21.5 Å². The SMILES string of the molecule is O=C(Nc1cccn(Cc2ccccc2)c1=O)c1cc(F)c2c(c1)B(O)OC2. The van der Waals surface area contributed by atoms with Crippen LogP contribution >= 0.6 is 0 Å². The first kappa shape index (κ1) is 18.2. The molecule has 0 spiro atoms. The van der Waals surface area contributed by atoms with Gasteiger partial charge in [-0.05, 0) is 35.3 Å². The first-order valence-electron chi connectivity index (χ1n) is 8.69. The molecule has 0 unspecified atom stereocenters. The average molecular weight is 378 g/mol. The molecule has 2 aromatic carbocycles. The number of nitrogens with zero attached hydrogens (tertiary/aromatic N) is 1. The summed E-state index contributed by atoms with van der Waals surface area (Å²) in [7, 11) is -1.27. The zero-order chi connectivity index (χ0) is 19.7. The normalized spacial score (nSPS) is 12.7. The Balaban J connectivity index is 1.59. The van der Waals surface area contributed by atoms with Crippen molar-refractivity contribution in [2.24, 2.45) is 0 Å². The highest BCUT2D eigenvalue weighted by atomic mass is 19.1. The van der Waals surface area contributed by atoms with Crippen molar-refractivity contribution < 1.29 is 18.9 Å². The molecule has 1 aliphatic heterocycles. The molecule has 2 N–H and O–H groups in total. The van der Waals surface area contributed by atoms with E-state index < -0.39 is 18.8 Å². The molecule has 1 aliphatic rings. The third kappa shape index (κ3) is 3.47. The minimum Gasteiger partial charge on any atom is -0.423 e. The fourth-order valence-electron chi connectivity index (χ4n) is 3.14. The van der Waals surface area contributed by atoms with Crippen LogP contribution in [0.4, 0.5) is 10.1 Å². The molecule has 4 rings (SSSR count). The van der Waals surface area contributed by atoms with E-state index in [-0.39, 0.29) is 34.4 Å². The molecule has 0 saturated carbocycles. The first-order chi connectivity index (χ1) is 13.5. The van der Waals surface area contributed by atoms with Gasteiger partial charge in [-0.15, -0.1) is 0 Å². The second kappa shape index (κ2) is 7.42. The summed E-state index contributed by atoms with van der Waals surface area (Å²) < 4.78 is 20.6. The third-order valence-electron chi connectivity index (χ3n) is 4.61. The van der Waals surface area contributed by atoms with Gasteiger partial charge in [0, 0.05) is 17.3 Å². The number of carbonyl (C=O) groups excluding carboxylic acids is 1. The predicted octanol–water partition coefficient (Wildman–Crippen LogP) is 1.51. The minimum atomic E-state index is -1.27. The molecule has 140 valence electrons. The van der Waals surface area contributed by atoms with Crippen LogP contribution in [0.5, 0.6) is 0 Å². The Morgan fingerprint density at radius 3 is 2.79 bits per heavy atom. The molecular weight excluding hydrogens is 362 g/mol. The molecule has 3 aromatic rings. The van der Waals surface area contributed by atoms with Crippen molar-refractivity contribution in [2.45, 2.75) is 13.2 Å². The van der Waals surface area contributed by atoms with E-state index >= 15 is 0 Å². The lowest BCUT2D eigenvalue weighted by molar-refractivity contribution is 0.102. The number of aromatic nitrogens is 1. The van der Waals surface area contributed by atoms with Crippen LogP contribution in [-0.2, 0) is 17.8 Å². The maximum atomic E-state index is 14.2. The Kier molecular flexibility index (Phi) is 4.81. The largest absolute Gasteiger partial charge is 0.491 e. The maximum absolute atomic E-state index is 14.2. The first-order valence-corrected chi connectivity index (χ1v) is 8.69. The fraction of sp³-hybridized carbons (Fsp3) is 0.100. The number of fused-ring (bicyclic) bond motifs is 1. The van der Waals surface area contributed by atoms with Gasteiger partial charge in [0.05, 0.1) is 13.2 Å². The molecule has 28 heavy (non-hydrogen) atoms. The van der Waals surface area contributed by atoms with Gasteiger partial charge >= 0.3 is 7.12 Å². The standard InChI is InChI=1S/C20H16BFN2O4/c22-17-10-14(9-16-15(17)12-28-21(16)27)19(25)23-18-7-4-8-24(20(18)26)11-13-5-2-1-3-6-13/h1-10,27H,11-12H2,(H,23,25). The zero-order valence-electron chi connectivity index (χ0n) is 14.8. The fourth-order valence-corrected chi connectivity index (χ4v) is 3.14. The van der Waals surface area contributed by atoms with Gasteiger partial charge in [-0.2, -0.15) is 0 Å². The Morgan fingerprint density at radius 2 is 2.00 bits per heavy atom. The van der Waals surface area contributed by atoms with Crippen LogP contribution in [0.2, 0.25) is 0 Å². The van der Waals surface area contributed by atoms with E-state index in [1.807, 2.05) is 30.3 Å². The van der Waals surface area contributed by atoms with Gasteiger partial charge in [0.2, 0.25) is 0 Å². The number of carbonyl (C=O) groups is 1. The van der Waals surface area contributed by atoms with Crippen LogP contribution in [-0.4, -0.2) is 22.6 Å². The van der Waals surface area contributed by atoms with Crippen LogP contribution in [0, 0.1) is 5.82 Å². The lowest BCUT2D eigenvalue weighted by atomic mass is 9.78. The molecule has 2 heterocycles. The Hall–Kier alpha value is -3.23. The lowest BCUT2D eigenvalue weighted by Gasteiger charge is -2.10. The minimum absolute atomic E-state index is 0.00124. The number of amides is 1. The number of hydrogen-bond acceptors (Lipinski definition) is 4. The molecule has 0 radical (unpaired) electrons. The van der Waals surface area contributed by atoms with Crippen molar-refractivity contribution in [1.29, 1.82) is 0 Å². The van der Waals surface area contributed by atoms with Crippen LogP contribution in [0.3, 0.4) is 0 Å². The number of rotatable bonds is 4. The number of pyridine rings is 1. The smallest absolute Gasteiger partial charge is 0.423 e. The second-order valence-electron chi connectivity index (χ2n) is 6.48. The monoisotopic (exact) mass is 378 g/mol. The third-order valence-corrected chi connectivity index (χ3v) is 4.61. The molecule has 0 aliphatic carbocycles. The average Bonchev–Trinajstić information content (AvgIpc) is 3.07. The lowest BCUT2D eigenvalue weighted by Crippen LogP contribution is -2.30. The molecule has 0 bridgehead atoms. The van der Waals surface area contributed by atoms with Crippen molar-refractivity contribution in [1.82, 2.24) is 4.57 Å². The summed E-state index contributed by atoms with van der Waals surface area (Å²) in [5.74, 6) is -1.27. The van der Waals surface area contributed by atoms with Gasteiger partial charge in [-0.25, -0.2) is 4.39 Å². The van der Waals surface area contributed by atoms with Crippen molar-refractivity contribution in [2.75, 3.05) is 5.32 Å². The van der Waals surface area contributed by atoms with Crippen molar-refractivity contribution >= 4 is 24.2 Å². The number of anilines is 1. The van der Waals surface area contributed by atoms with E-state index in [4.69, 9.17) is 4.65 Å². The number of halogens is 1. The summed E-state index contributed by atoms with van der Waals surface area (Å²) in [4.78, 5) is 25.2. The van der Waals surface area contributed by atoms with Crippen molar-refractivity contribution in [3.63, 3.8) is 0 Å². The predicted molar refractivity (Wildman–Crippen MR) is 103 cm³/mol. The van der Waals surface area contributed by atoms with E-state index in [0.29, 0.717) is 6.54 Å². The van der Waals surface area contributed by atoms with Crippen molar-refractivity contribution in [3.05, 3.63) is 93.7 Å². The Morgan fingerprint density at radius 1 is 1.21 bits per heavy atom. The summed E-state index contributed by atoms with van der Waals surface area (Å²) in [6.07, 6.45) is 1.63. The summed E-state index contributed by atoms with van der Waals surface area (Å²) in [6, 6.07) is 15.0. The van der Waals surface area contributed by atoms with E-state index in [1.54, 1.807) is 12.3 Å². The topological polar surface area (TPSA) is 80.6 Å². The second-order valence-corrected chi connectivity index (χ2v) is 6.48. The summed E-state index contributed by atoms with van der Waals surface area (Å²) in [5, 5.41) is 12.3. The summed E-state index contributed by atoms with van der Waals surface area (Å²) in [5.41, 5.74) is 1.11. The van der Waals surface area contributed by atoms with Crippen molar-refractivity contribution in [3.8, 4) is 0 Å². The molecular formula is C20H16BFN2O4. The number of hydrogen-bond donors (Lipinski definition) is 2. The van der Waals surface area contributed by atoms with Gasteiger partial charge in [0.15, 0.2) is 0 Å². The molecule has 6 nitrogen and oxygen atoms in total. The summed E-state index contributed by atoms with van der Waals surface area (Å²) >= 11 is 0. The molecule has 1 amide bonds. The highest BCUT2D eigenvalue weighted by Gasteiger charge is 2.31. The maximum Gasteiger partial charge on any atom is 0.491 e. The van der Waals surface area contributed by atoms with Gasteiger partial charge < -0.3 is 19.6 Å². The Labute approximate surface area is 160 Å². The molecule has 0 atom stereocenters. The molecule has 0 fully saturated rings. The van der Waals surface area contributed by atoms with Gasteiger partial charge in [0.25, 0.3) is 11.5 Å². The van der Waals surface area contributed by atoms with E-state index in [0.717, 1.165) is 11.6 Å². The van der Waals surface area contributed by atoms with E-state index in [9.17, 15) is 19.0 Å². The highest BCUT2D eigenvalue weighted by Crippen LogP contribution is 2.17. The molecule has 8 heteroatoms. The van der Waals surface area contributed by atoms with Crippen LogP contribution in [0.15, 0.2) is 65.6 Å². The number of nitrogens with one attached hydrogen (secondary N) is 1. The molecule has 0 saturated heterocycles. The Bertz CT molecular complexity index is 1100. The van der Waals surface area contributed by atoms with Gasteiger partial charge in [-0.1, -0.05) is 30.3 Å². The van der Waals surface area contributed by atoms with E-state index in [1.165, 1.54) is 16.7 Å². The highest BCUT2D eigenvalue weighted by molar-refractivity contribution is 6.61. The van der Waals surface area contributed by atoms with E-state index in [2.05, 4.69) is 5.32 Å². The van der Waals surface area contributed by atoms with Gasteiger partial charge in [0.1, 0.15) is 11.5 Å². The van der Waals surface area contributed by atoms with Crippen LogP contribution < -0.4 is 16.3 Å². The molecule has 1 aromatic heterocycles. The zero-order valence-corrected chi connectivity index (χ0v) is 14.8. The quantitative estimate of drug-likeness (QED) is 0.675. The summed E-state index contributed by atoms with van der Waals surface area (Å²) in [6.45, 7) is 0.313. The number of benzene rings is 2. The van der Waals surface area contributed by atoms with Gasteiger partial charge in [-0.3, -0.25) is 9.59 Å².